The highest BCUT2D eigenvalue weighted by Gasteiger charge is 2.36. The van der Waals surface area contributed by atoms with Gasteiger partial charge in [-0.3, -0.25) is 0 Å². The number of rotatable bonds is 7. The van der Waals surface area contributed by atoms with Gasteiger partial charge in [-0.15, -0.1) is 0 Å². The standard InChI is InChI=1S/C19H20O5S/c1-22-19-12-18(25(20,21)16-10-6-3-7-11-16)17(24-19)14-23-13-15-8-4-2-5-9-15/h2-12,17,19H,13-14H2,1H3/t17-,19-/m1/s1. The van der Waals surface area contributed by atoms with Crippen LogP contribution in [0.5, 0.6) is 0 Å². The predicted molar refractivity (Wildman–Crippen MR) is 93.5 cm³/mol. The van der Waals surface area contributed by atoms with E-state index in [0.717, 1.165) is 5.56 Å². The Hall–Kier alpha value is -1.99. The van der Waals surface area contributed by atoms with Crippen LogP contribution in [-0.2, 0) is 30.7 Å². The van der Waals surface area contributed by atoms with E-state index in [-0.39, 0.29) is 16.4 Å². The molecule has 5 nitrogen and oxygen atoms in total. The van der Waals surface area contributed by atoms with E-state index in [1.54, 1.807) is 30.3 Å². The maximum atomic E-state index is 12.9. The van der Waals surface area contributed by atoms with E-state index >= 15 is 0 Å². The summed E-state index contributed by atoms with van der Waals surface area (Å²) in [4.78, 5) is 0.410. The van der Waals surface area contributed by atoms with Gasteiger partial charge in [0, 0.05) is 7.11 Å². The average Bonchev–Trinajstić information content (AvgIpc) is 3.07. The van der Waals surface area contributed by atoms with Crippen molar-refractivity contribution in [2.45, 2.75) is 23.9 Å². The largest absolute Gasteiger partial charge is 0.374 e. The van der Waals surface area contributed by atoms with Gasteiger partial charge in [-0.2, -0.15) is 0 Å². The molecule has 1 heterocycles. The Morgan fingerprint density at radius 2 is 1.64 bits per heavy atom. The molecule has 2 aromatic rings. The number of hydrogen-bond acceptors (Lipinski definition) is 5. The molecule has 1 aliphatic heterocycles. The van der Waals surface area contributed by atoms with Gasteiger partial charge < -0.3 is 14.2 Å². The lowest BCUT2D eigenvalue weighted by atomic mass is 10.2. The lowest BCUT2D eigenvalue weighted by Crippen LogP contribution is -2.24. The maximum absolute atomic E-state index is 12.9. The Morgan fingerprint density at radius 3 is 2.28 bits per heavy atom. The third kappa shape index (κ3) is 4.16. The first-order valence-electron chi connectivity index (χ1n) is 7.93. The molecular weight excluding hydrogens is 340 g/mol. The molecule has 0 aromatic heterocycles. The zero-order chi connectivity index (χ0) is 17.7. The second-order valence-corrected chi connectivity index (χ2v) is 7.56. The van der Waals surface area contributed by atoms with Crippen LogP contribution in [0, 0.1) is 0 Å². The van der Waals surface area contributed by atoms with Gasteiger partial charge >= 0.3 is 0 Å². The van der Waals surface area contributed by atoms with Gasteiger partial charge in [0.1, 0.15) is 6.10 Å². The van der Waals surface area contributed by atoms with Gasteiger partial charge in [0.05, 0.1) is 23.0 Å². The molecule has 25 heavy (non-hydrogen) atoms. The third-order valence-electron chi connectivity index (χ3n) is 3.89. The first-order chi connectivity index (χ1) is 12.1. The van der Waals surface area contributed by atoms with Crippen LogP contribution in [0.15, 0.2) is 76.5 Å². The van der Waals surface area contributed by atoms with Crippen molar-refractivity contribution in [3.8, 4) is 0 Å². The van der Waals surface area contributed by atoms with E-state index in [9.17, 15) is 8.42 Å². The van der Waals surface area contributed by atoms with Gasteiger partial charge in [0.15, 0.2) is 6.29 Å². The summed E-state index contributed by atoms with van der Waals surface area (Å²) in [5, 5.41) is 0. The second kappa shape index (κ2) is 7.93. The van der Waals surface area contributed by atoms with Gasteiger partial charge in [0.25, 0.3) is 0 Å². The van der Waals surface area contributed by atoms with Crippen molar-refractivity contribution in [1.29, 1.82) is 0 Å². The first-order valence-corrected chi connectivity index (χ1v) is 9.41. The molecule has 2 atom stereocenters. The van der Waals surface area contributed by atoms with E-state index < -0.39 is 22.2 Å². The van der Waals surface area contributed by atoms with Crippen molar-refractivity contribution in [3.63, 3.8) is 0 Å². The van der Waals surface area contributed by atoms with Gasteiger partial charge in [-0.25, -0.2) is 8.42 Å². The Labute approximate surface area is 147 Å². The highest BCUT2D eigenvalue weighted by Crippen LogP contribution is 2.30. The van der Waals surface area contributed by atoms with E-state index in [2.05, 4.69) is 0 Å². The summed E-state index contributed by atoms with van der Waals surface area (Å²) in [6, 6.07) is 18.0. The van der Waals surface area contributed by atoms with Crippen LogP contribution >= 0.6 is 0 Å². The number of ether oxygens (including phenoxy) is 3. The van der Waals surface area contributed by atoms with E-state index in [0.29, 0.717) is 6.61 Å². The molecule has 0 saturated carbocycles. The summed E-state index contributed by atoms with van der Waals surface area (Å²) in [7, 11) is -2.18. The summed E-state index contributed by atoms with van der Waals surface area (Å²) in [5.74, 6) is 0. The smallest absolute Gasteiger partial charge is 0.205 e. The van der Waals surface area contributed by atoms with Crippen molar-refractivity contribution >= 4 is 9.84 Å². The number of sulfone groups is 1. The fourth-order valence-corrected chi connectivity index (χ4v) is 4.16. The number of hydrogen-bond donors (Lipinski definition) is 0. The summed E-state index contributed by atoms with van der Waals surface area (Å²) in [6.07, 6.45) is 0.108. The fourth-order valence-electron chi connectivity index (χ4n) is 2.61. The van der Waals surface area contributed by atoms with Crippen LogP contribution < -0.4 is 0 Å². The third-order valence-corrected chi connectivity index (χ3v) is 5.81. The van der Waals surface area contributed by atoms with Crippen LogP contribution in [0.25, 0.3) is 0 Å². The highest BCUT2D eigenvalue weighted by atomic mass is 32.2. The summed E-state index contributed by atoms with van der Waals surface area (Å²) < 4.78 is 42.2. The molecule has 0 N–H and O–H groups in total. The van der Waals surface area contributed by atoms with Crippen LogP contribution in [-0.4, -0.2) is 34.5 Å². The molecule has 0 amide bonds. The van der Waals surface area contributed by atoms with Crippen LogP contribution in [0.4, 0.5) is 0 Å². The Kier molecular flexibility index (Phi) is 5.65. The molecule has 0 spiro atoms. The summed E-state index contributed by atoms with van der Waals surface area (Å²) >= 11 is 0. The molecule has 2 aromatic carbocycles. The molecular formula is C19H20O5S. The molecule has 0 saturated heterocycles. The summed E-state index contributed by atoms with van der Waals surface area (Å²) in [6.45, 7) is 0.518. The van der Waals surface area contributed by atoms with E-state index in [4.69, 9.17) is 14.2 Å². The fraction of sp³-hybridized carbons (Fsp3) is 0.263. The van der Waals surface area contributed by atoms with Gasteiger partial charge in [-0.05, 0) is 23.8 Å². The zero-order valence-electron chi connectivity index (χ0n) is 13.9. The molecule has 1 aliphatic rings. The molecule has 0 unspecified atom stereocenters. The van der Waals surface area contributed by atoms with Gasteiger partial charge in [0.2, 0.25) is 9.84 Å². The number of methoxy groups -OCH3 is 1. The van der Waals surface area contributed by atoms with Crippen LogP contribution in [0.1, 0.15) is 5.56 Å². The van der Waals surface area contributed by atoms with Crippen LogP contribution in [0.3, 0.4) is 0 Å². The van der Waals surface area contributed by atoms with E-state index in [1.165, 1.54) is 13.2 Å². The molecule has 132 valence electrons. The van der Waals surface area contributed by atoms with Crippen LogP contribution in [0.2, 0.25) is 0 Å². The maximum Gasteiger partial charge on any atom is 0.205 e. The van der Waals surface area contributed by atoms with Crippen molar-refractivity contribution in [2.75, 3.05) is 13.7 Å². The lowest BCUT2D eigenvalue weighted by molar-refractivity contribution is -0.116. The Balaban J connectivity index is 1.74. The molecule has 0 fully saturated rings. The number of benzene rings is 2. The molecule has 0 aliphatic carbocycles. The second-order valence-electron chi connectivity index (χ2n) is 5.62. The zero-order valence-corrected chi connectivity index (χ0v) is 14.7. The summed E-state index contributed by atoms with van der Waals surface area (Å²) in [5.41, 5.74) is 1.01. The Bertz CT molecular complexity index is 815. The van der Waals surface area contributed by atoms with Crippen molar-refractivity contribution in [3.05, 3.63) is 77.2 Å². The quantitative estimate of drug-likeness (QED) is 0.760. The molecule has 6 heteroatoms. The minimum atomic E-state index is -3.65. The molecule has 3 rings (SSSR count). The SMILES string of the molecule is CO[C@H]1C=C(S(=O)(=O)c2ccccc2)[C@@H](COCc2ccccc2)O1. The minimum absolute atomic E-state index is 0.132. The van der Waals surface area contributed by atoms with E-state index in [1.807, 2.05) is 30.3 Å². The topological polar surface area (TPSA) is 61.8 Å². The minimum Gasteiger partial charge on any atom is -0.374 e. The monoisotopic (exact) mass is 360 g/mol. The van der Waals surface area contributed by atoms with Crippen molar-refractivity contribution < 1.29 is 22.6 Å². The Morgan fingerprint density at radius 1 is 1.00 bits per heavy atom. The normalized spacial score (nSPS) is 20.4. The first kappa shape index (κ1) is 17.8. The molecule has 0 bridgehead atoms. The van der Waals surface area contributed by atoms with Gasteiger partial charge in [-0.1, -0.05) is 48.5 Å². The highest BCUT2D eigenvalue weighted by molar-refractivity contribution is 7.95. The lowest BCUT2D eigenvalue weighted by Gasteiger charge is -2.17. The predicted octanol–water partition coefficient (Wildman–Crippen LogP) is 2.93. The molecule has 0 radical (unpaired) electrons. The van der Waals surface area contributed by atoms with Crippen molar-refractivity contribution in [2.24, 2.45) is 0 Å². The van der Waals surface area contributed by atoms with Crippen molar-refractivity contribution in [1.82, 2.24) is 0 Å². The average molecular weight is 360 g/mol.